The van der Waals surface area contributed by atoms with Crippen LogP contribution in [0.1, 0.15) is 16.1 Å². The summed E-state index contributed by atoms with van der Waals surface area (Å²) in [5.74, 6) is 0.0862. The molecule has 29 heavy (non-hydrogen) atoms. The summed E-state index contributed by atoms with van der Waals surface area (Å²) in [4.78, 5) is 28.3. The molecule has 5 N–H and O–H groups in total. The second-order valence-corrected chi connectivity index (χ2v) is 6.54. The Hall–Kier alpha value is -3.76. The highest BCUT2D eigenvalue weighted by Crippen LogP contribution is 2.26. The lowest BCUT2D eigenvalue weighted by Gasteiger charge is -2.07. The average molecular weight is 392 g/mol. The third-order valence-corrected chi connectivity index (χ3v) is 4.33. The van der Waals surface area contributed by atoms with Crippen molar-refractivity contribution < 1.29 is 9.90 Å². The molecule has 1 aromatic carbocycles. The number of fused-ring (bicyclic) bond motifs is 1. The number of amides is 1. The van der Waals surface area contributed by atoms with E-state index >= 15 is 0 Å². The van der Waals surface area contributed by atoms with Crippen LogP contribution >= 0.6 is 0 Å². The molecule has 4 rings (SSSR count). The number of nitrogens with zero attached hydrogens (tertiary/aromatic N) is 4. The summed E-state index contributed by atoms with van der Waals surface area (Å²) in [5.41, 5.74) is 9.25. The van der Waals surface area contributed by atoms with Gasteiger partial charge in [0.1, 0.15) is 18.1 Å². The van der Waals surface area contributed by atoms with Gasteiger partial charge in [0.05, 0.1) is 12.0 Å². The maximum absolute atomic E-state index is 12.1. The number of aromatic amines is 1. The van der Waals surface area contributed by atoms with Crippen LogP contribution in [0.15, 0.2) is 43.0 Å². The molecule has 3 heterocycles. The van der Waals surface area contributed by atoms with Crippen molar-refractivity contribution in [3.05, 3.63) is 54.2 Å². The van der Waals surface area contributed by atoms with Gasteiger partial charge in [-0.05, 0) is 36.8 Å². The summed E-state index contributed by atoms with van der Waals surface area (Å²) in [6, 6.07) is 7.40. The number of carbonyl (C=O) groups excluding carboxylic acids is 1. The van der Waals surface area contributed by atoms with Gasteiger partial charge in [0, 0.05) is 36.0 Å². The highest BCUT2D eigenvalue weighted by atomic mass is 16.3. The Labute approximate surface area is 166 Å². The summed E-state index contributed by atoms with van der Waals surface area (Å²) in [5, 5.41) is 12.8. The first-order chi connectivity index (χ1) is 14.0. The summed E-state index contributed by atoms with van der Waals surface area (Å²) >= 11 is 0. The smallest absolute Gasteiger partial charge is 0.281 e. The van der Waals surface area contributed by atoms with Crippen molar-refractivity contribution in [3.8, 4) is 11.4 Å². The van der Waals surface area contributed by atoms with Crippen molar-refractivity contribution in [2.45, 2.75) is 6.92 Å². The van der Waals surface area contributed by atoms with Crippen LogP contribution in [0.25, 0.3) is 22.3 Å². The van der Waals surface area contributed by atoms with Crippen molar-refractivity contribution in [1.29, 1.82) is 0 Å². The number of aliphatic hydroxyl groups excluding tert-OH is 1. The quantitative estimate of drug-likeness (QED) is 0.249. The van der Waals surface area contributed by atoms with Gasteiger partial charge >= 0.3 is 0 Å². The number of hydrazine groups is 1. The number of imidazole rings is 1. The van der Waals surface area contributed by atoms with Crippen LogP contribution in [0, 0.1) is 6.92 Å². The molecule has 0 bridgehead atoms. The molecule has 0 aliphatic rings. The fraction of sp³-hybridized carbons (Fsp3) is 0.158. The molecule has 4 aromatic rings. The van der Waals surface area contributed by atoms with Gasteiger partial charge in [-0.1, -0.05) is 0 Å². The standard InChI is InChI=1S/C19H20N8O2/c1-11-5-13(6-12-7-15(24-17(11)12)18(29)26-22-10-28)23-19-20-4-3-14(25-19)16-8-27(2)9-21-16/h3-9,22,24,28H,10H2,1-2H3,(H,26,29)(H,20,23,25). The second kappa shape index (κ2) is 7.70. The lowest BCUT2D eigenvalue weighted by molar-refractivity contribution is 0.0904. The molecule has 0 aliphatic carbocycles. The predicted octanol–water partition coefficient (Wildman–Crippen LogP) is 1.59. The number of aromatic nitrogens is 5. The first kappa shape index (κ1) is 18.6. The van der Waals surface area contributed by atoms with Crippen LogP contribution in [0.2, 0.25) is 0 Å². The van der Waals surface area contributed by atoms with Gasteiger partial charge in [-0.2, -0.15) is 0 Å². The van der Waals surface area contributed by atoms with E-state index in [-0.39, 0.29) is 12.6 Å². The fourth-order valence-electron chi connectivity index (χ4n) is 3.04. The topological polar surface area (TPSA) is 133 Å². The Morgan fingerprint density at radius 3 is 2.86 bits per heavy atom. The molecule has 0 saturated carbocycles. The molecule has 0 fully saturated rings. The largest absolute Gasteiger partial charge is 0.380 e. The third kappa shape index (κ3) is 3.93. The molecule has 0 radical (unpaired) electrons. The molecule has 0 atom stereocenters. The first-order valence-electron chi connectivity index (χ1n) is 8.89. The van der Waals surface area contributed by atoms with Crippen molar-refractivity contribution >= 4 is 28.4 Å². The molecule has 0 unspecified atom stereocenters. The van der Waals surface area contributed by atoms with Gasteiger partial charge < -0.3 is 20.0 Å². The molecule has 0 saturated heterocycles. The van der Waals surface area contributed by atoms with Crippen molar-refractivity contribution in [2.24, 2.45) is 7.05 Å². The van der Waals surface area contributed by atoms with Crippen molar-refractivity contribution in [1.82, 2.24) is 35.4 Å². The summed E-state index contributed by atoms with van der Waals surface area (Å²) in [6.45, 7) is 1.60. The van der Waals surface area contributed by atoms with E-state index in [1.54, 1.807) is 24.7 Å². The van der Waals surface area contributed by atoms with Gasteiger partial charge in [0.15, 0.2) is 0 Å². The van der Waals surface area contributed by atoms with Crippen LogP contribution in [-0.4, -0.2) is 42.2 Å². The summed E-state index contributed by atoms with van der Waals surface area (Å²) < 4.78 is 1.86. The molecule has 10 nitrogen and oxygen atoms in total. The number of hydrogen-bond acceptors (Lipinski definition) is 7. The van der Waals surface area contributed by atoms with Crippen LogP contribution in [0.3, 0.4) is 0 Å². The fourth-order valence-corrected chi connectivity index (χ4v) is 3.04. The number of nitrogens with one attached hydrogen (secondary N) is 4. The van der Waals surface area contributed by atoms with Crippen LogP contribution in [0.4, 0.5) is 11.6 Å². The molecular formula is C19H20N8O2. The minimum absolute atomic E-state index is 0.351. The molecule has 148 valence electrons. The number of hydrogen-bond donors (Lipinski definition) is 5. The second-order valence-electron chi connectivity index (χ2n) is 6.54. The Kier molecular flexibility index (Phi) is 4.94. The van der Waals surface area contributed by atoms with Crippen molar-refractivity contribution in [2.75, 3.05) is 12.0 Å². The molecule has 0 aliphatic heterocycles. The van der Waals surface area contributed by atoms with Crippen LogP contribution in [-0.2, 0) is 7.05 Å². The van der Waals surface area contributed by atoms with Crippen LogP contribution in [0.5, 0.6) is 0 Å². The van der Waals surface area contributed by atoms with E-state index in [1.807, 2.05) is 36.9 Å². The van der Waals surface area contributed by atoms with E-state index in [4.69, 9.17) is 5.11 Å². The van der Waals surface area contributed by atoms with E-state index in [9.17, 15) is 4.79 Å². The highest BCUT2D eigenvalue weighted by molar-refractivity contribution is 5.99. The lowest BCUT2D eigenvalue weighted by Crippen LogP contribution is -2.37. The van der Waals surface area contributed by atoms with Gasteiger partial charge in [-0.25, -0.2) is 20.4 Å². The first-order valence-corrected chi connectivity index (χ1v) is 8.89. The minimum atomic E-state index is -0.365. The third-order valence-electron chi connectivity index (χ3n) is 4.33. The van der Waals surface area contributed by atoms with Gasteiger partial charge in [-0.15, -0.1) is 0 Å². The Bertz CT molecular complexity index is 1180. The average Bonchev–Trinajstić information content (AvgIpc) is 3.33. The van der Waals surface area contributed by atoms with E-state index < -0.39 is 0 Å². The van der Waals surface area contributed by atoms with E-state index in [0.717, 1.165) is 33.5 Å². The number of carbonyl (C=O) groups is 1. The summed E-state index contributed by atoms with van der Waals surface area (Å²) in [7, 11) is 1.90. The lowest BCUT2D eigenvalue weighted by atomic mass is 10.1. The zero-order valence-electron chi connectivity index (χ0n) is 15.9. The molecular weight excluding hydrogens is 372 g/mol. The number of aliphatic hydroxyl groups is 1. The highest BCUT2D eigenvalue weighted by Gasteiger charge is 2.12. The number of H-pyrrole nitrogens is 1. The zero-order valence-corrected chi connectivity index (χ0v) is 15.9. The van der Waals surface area contributed by atoms with E-state index in [2.05, 4.69) is 36.1 Å². The number of rotatable bonds is 6. The van der Waals surface area contributed by atoms with Crippen molar-refractivity contribution in [3.63, 3.8) is 0 Å². The van der Waals surface area contributed by atoms with Gasteiger partial charge in [0.25, 0.3) is 5.91 Å². The van der Waals surface area contributed by atoms with Gasteiger partial charge in [0.2, 0.25) is 5.95 Å². The molecule has 1 amide bonds. The Morgan fingerprint density at radius 1 is 1.24 bits per heavy atom. The number of aryl methyl sites for hydroxylation is 2. The maximum atomic E-state index is 12.1. The zero-order chi connectivity index (χ0) is 20.4. The normalized spacial score (nSPS) is 11.0. The minimum Gasteiger partial charge on any atom is -0.380 e. The molecule has 10 heteroatoms. The molecule has 3 aromatic heterocycles. The van der Waals surface area contributed by atoms with E-state index in [1.165, 1.54) is 0 Å². The predicted molar refractivity (Wildman–Crippen MR) is 108 cm³/mol. The molecule has 0 spiro atoms. The number of anilines is 2. The maximum Gasteiger partial charge on any atom is 0.281 e. The summed E-state index contributed by atoms with van der Waals surface area (Å²) in [6.07, 6.45) is 5.29. The van der Waals surface area contributed by atoms with Gasteiger partial charge in [-0.3, -0.25) is 10.2 Å². The van der Waals surface area contributed by atoms with E-state index in [0.29, 0.717) is 11.6 Å². The van der Waals surface area contributed by atoms with Crippen LogP contribution < -0.4 is 16.2 Å². The monoisotopic (exact) mass is 392 g/mol. The Morgan fingerprint density at radius 2 is 2.10 bits per heavy atom. The number of benzene rings is 1. The SMILES string of the molecule is Cc1cc(Nc2nccc(-c3cn(C)cn3)n2)cc2cc(C(=O)NNCO)[nH]c12. The Balaban J connectivity index is 1.61.